The largest absolute Gasteiger partial charge is 0.386 e. The fourth-order valence-electron chi connectivity index (χ4n) is 2.42. The summed E-state index contributed by atoms with van der Waals surface area (Å²) in [5.41, 5.74) is 4.77. The first kappa shape index (κ1) is 16.4. The topological polar surface area (TPSA) is 105 Å². The second kappa shape index (κ2) is 7.21. The molecular formula is C12H25N3O3S. The van der Waals surface area contributed by atoms with Crippen molar-refractivity contribution < 1.29 is 13.2 Å². The lowest BCUT2D eigenvalue weighted by atomic mass is 9.90. The van der Waals surface area contributed by atoms with E-state index in [2.05, 4.69) is 4.72 Å². The molecule has 19 heavy (non-hydrogen) atoms. The average molecular weight is 291 g/mol. The normalized spacial score (nSPS) is 19.8. The summed E-state index contributed by atoms with van der Waals surface area (Å²) in [5.74, 6) is -0.162. The van der Waals surface area contributed by atoms with Crippen LogP contribution in [-0.4, -0.2) is 38.8 Å². The minimum atomic E-state index is -3.47. The van der Waals surface area contributed by atoms with E-state index in [1.54, 1.807) is 0 Å². The van der Waals surface area contributed by atoms with Crippen molar-refractivity contribution in [1.82, 2.24) is 4.72 Å². The Labute approximate surface area is 115 Å². The van der Waals surface area contributed by atoms with E-state index in [-0.39, 0.29) is 18.2 Å². The zero-order valence-corrected chi connectivity index (χ0v) is 12.4. The molecule has 0 heterocycles. The number of nitrogens with two attached hydrogens (primary N) is 1. The van der Waals surface area contributed by atoms with Gasteiger partial charge in [0.25, 0.3) is 0 Å². The van der Waals surface area contributed by atoms with Gasteiger partial charge in [-0.05, 0) is 19.8 Å². The molecule has 0 aromatic rings. The summed E-state index contributed by atoms with van der Waals surface area (Å²) in [7, 11) is -3.47. The first-order valence-electron chi connectivity index (χ1n) is 6.86. The summed E-state index contributed by atoms with van der Waals surface area (Å²) in [6.45, 7) is 2.48. The van der Waals surface area contributed by atoms with E-state index in [0.717, 1.165) is 25.7 Å². The van der Waals surface area contributed by atoms with Gasteiger partial charge in [0.2, 0.25) is 10.0 Å². The summed E-state index contributed by atoms with van der Waals surface area (Å²) in [5, 5.41) is 7.75. The molecule has 112 valence electrons. The molecule has 0 saturated heterocycles. The fourth-order valence-corrected chi connectivity index (χ4v) is 3.77. The van der Waals surface area contributed by atoms with Crippen LogP contribution in [0.4, 0.5) is 0 Å². The van der Waals surface area contributed by atoms with Crippen molar-refractivity contribution in [2.45, 2.75) is 51.0 Å². The smallest absolute Gasteiger partial charge is 0.214 e. The molecule has 1 saturated carbocycles. The van der Waals surface area contributed by atoms with Crippen LogP contribution in [0.3, 0.4) is 0 Å². The zero-order chi connectivity index (χ0) is 14.4. The molecule has 6 nitrogen and oxygen atoms in total. The highest BCUT2D eigenvalue weighted by molar-refractivity contribution is 7.89. The molecule has 0 aromatic heterocycles. The Morgan fingerprint density at radius 3 is 2.37 bits per heavy atom. The van der Waals surface area contributed by atoms with Crippen LogP contribution < -0.4 is 10.5 Å². The highest BCUT2D eigenvalue weighted by atomic mass is 32.2. The maximum Gasteiger partial charge on any atom is 0.214 e. The van der Waals surface area contributed by atoms with Gasteiger partial charge in [0, 0.05) is 6.61 Å². The van der Waals surface area contributed by atoms with Crippen LogP contribution in [-0.2, 0) is 14.8 Å². The van der Waals surface area contributed by atoms with Gasteiger partial charge >= 0.3 is 0 Å². The first-order chi connectivity index (χ1) is 8.92. The molecule has 0 unspecified atom stereocenters. The molecule has 1 aliphatic rings. The molecule has 1 rings (SSSR count). The lowest BCUT2D eigenvalue weighted by Gasteiger charge is -2.32. The predicted molar refractivity (Wildman–Crippen MR) is 75.8 cm³/mol. The van der Waals surface area contributed by atoms with Gasteiger partial charge in [0.05, 0.1) is 17.9 Å². The Balaban J connectivity index is 2.74. The first-order valence-corrected chi connectivity index (χ1v) is 8.51. The highest BCUT2D eigenvalue weighted by Gasteiger charge is 2.37. The SMILES string of the molecule is CCOCCS(=O)(=O)NC1(C(=N)N)CCCCCC1. The Kier molecular flexibility index (Phi) is 6.22. The van der Waals surface area contributed by atoms with Gasteiger partial charge in [-0.2, -0.15) is 0 Å². The number of hydrogen-bond donors (Lipinski definition) is 3. The van der Waals surface area contributed by atoms with E-state index in [9.17, 15) is 8.42 Å². The van der Waals surface area contributed by atoms with Crippen LogP contribution >= 0.6 is 0 Å². The molecule has 0 radical (unpaired) electrons. The number of rotatable bonds is 7. The van der Waals surface area contributed by atoms with Crippen molar-refractivity contribution >= 4 is 15.9 Å². The Morgan fingerprint density at radius 2 is 1.89 bits per heavy atom. The van der Waals surface area contributed by atoms with Gasteiger partial charge in [0.15, 0.2) is 0 Å². The molecule has 0 atom stereocenters. The number of ether oxygens (including phenoxy) is 1. The highest BCUT2D eigenvalue weighted by Crippen LogP contribution is 2.27. The minimum Gasteiger partial charge on any atom is -0.386 e. The van der Waals surface area contributed by atoms with Crippen molar-refractivity contribution in [2.75, 3.05) is 19.0 Å². The minimum absolute atomic E-state index is 0.0746. The summed E-state index contributed by atoms with van der Waals surface area (Å²) in [4.78, 5) is 0. The third kappa shape index (κ3) is 5.08. The quantitative estimate of drug-likeness (QED) is 0.281. The molecule has 1 aliphatic carbocycles. The Morgan fingerprint density at radius 1 is 1.32 bits per heavy atom. The predicted octanol–water partition coefficient (Wildman–Crippen LogP) is 0.971. The van der Waals surface area contributed by atoms with Crippen molar-refractivity contribution in [1.29, 1.82) is 5.41 Å². The van der Waals surface area contributed by atoms with E-state index < -0.39 is 15.6 Å². The van der Waals surface area contributed by atoms with Crippen molar-refractivity contribution in [3.63, 3.8) is 0 Å². The van der Waals surface area contributed by atoms with Gasteiger partial charge in [-0.15, -0.1) is 0 Å². The standard InChI is InChI=1S/C12H25N3O3S/c1-2-18-9-10-19(16,17)15-12(11(13)14)7-5-3-4-6-8-12/h15H,2-10H2,1H3,(H3,13,14). The van der Waals surface area contributed by atoms with Crippen LogP contribution in [0.15, 0.2) is 0 Å². The number of sulfonamides is 1. The zero-order valence-electron chi connectivity index (χ0n) is 11.6. The van der Waals surface area contributed by atoms with E-state index in [0.29, 0.717) is 19.4 Å². The molecule has 1 fully saturated rings. The fraction of sp³-hybridized carbons (Fsp3) is 0.917. The summed E-state index contributed by atoms with van der Waals surface area (Å²) < 4.78 is 31.8. The Bertz CT molecular complexity index is 387. The molecule has 7 heteroatoms. The molecule has 0 amide bonds. The number of hydrogen-bond acceptors (Lipinski definition) is 4. The second-order valence-corrected chi connectivity index (χ2v) is 6.87. The summed E-state index contributed by atoms with van der Waals surface area (Å²) >= 11 is 0. The lowest BCUT2D eigenvalue weighted by molar-refractivity contribution is 0.163. The van der Waals surface area contributed by atoms with Gasteiger partial charge < -0.3 is 10.5 Å². The van der Waals surface area contributed by atoms with E-state index in [1.165, 1.54) is 0 Å². The lowest BCUT2D eigenvalue weighted by Crippen LogP contribution is -2.57. The van der Waals surface area contributed by atoms with Gasteiger partial charge in [-0.25, -0.2) is 13.1 Å². The van der Waals surface area contributed by atoms with E-state index in [1.807, 2.05) is 6.92 Å². The molecule has 0 aliphatic heterocycles. The Hall–Kier alpha value is -0.660. The molecular weight excluding hydrogens is 266 g/mol. The van der Waals surface area contributed by atoms with Crippen molar-refractivity contribution in [3.8, 4) is 0 Å². The van der Waals surface area contributed by atoms with Crippen LogP contribution in [0.2, 0.25) is 0 Å². The third-order valence-electron chi connectivity index (χ3n) is 3.52. The molecule has 0 spiro atoms. The van der Waals surface area contributed by atoms with Crippen molar-refractivity contribution in [2.24, 2.45) is 5.73 Å². The summed E-state index contributed by atoms with van der Waals surface area (Å²) in [6, 6.07) is 0. The van der Waals surface area contributed by atoms with Crippen LogP contribution in [0.25, 0.3) is 0 Å². The molecule has 0 aromatic carbocycles. The monoisotopic (exact) mass is 291 g/mol. The van der Waals surface area contributed by atoms with Gasteiger partial charge in [-0.3, -0.25) is 5.41 Å². The van der Waals surface area contributed by atoms with Crippen LogP contribution in [0, 0.1) is 5.41 Å². The molecule has 0 bridgehead atoms. The maximum absolute atomic E-state index is 12.1. The van der Waals surface area contributed by atoms with Crippen molar-refractivity contribution in [3.05, 3.63) is 0 Å². The van der Waals surface area contributed by atoms with Gasteiger partial charge in [-0.1, -0.05) is 25.7 Å². The van der Waals surface area contributed by atoms with Gasteiger partial charge in [0.1, 0.15) is 5.84 Å². The second-order valence-electron chi connectivity index (χ2n) is 5.03. The average Bonchev–Trinajstić information content (AvgIpc) is 2.55. The maximum atomic E-state index is 12.1. The van der Waals surface area contributed by atoms with E-state index >= 15 is 0 Å². The van der Waals surface area contributed by atoms with Crippen LogP contribution in [0.1, 0.15) is 45.4 Å². The molecule has 4 N–H and O–H groups in total. The number of nitrogens with one attached hydrogen (secondary N) is 2. The number of amidine groups is 1. The van der Waals surface area contributed by atoms with Crippen LogP contribution in [0.5, 0.6) is 0 Å². The van der Waals surface area contributed by atoms with E-state index in [4.69, 9.17) is 15.9 Å². The third-order valence-corrected chi connectivity index (χ3v) is 4.93. The summed E-state index contributed by atoms with van der Waals surface area (Å²) in [6.07, 6.45) is 5.14.